The maximum atomic E-state index is 12.2. The third kappa shape index (κ3) is 2.75. The van der Waals surface area contributed by atoms with Crippen LogP contribution in [0, 0.1) is 0 Å². The second-order valence-electron chi connectivity index (χ2n) is 3.72. The van der Waals surface area contributed by atoms with E-state index in [1.165, 1.54) is 11.3 Å². The monoisotopic (exact) mass is 259 g/mol. The van der Waals surface area contributed by atoms with Crippen molar-refractivity contribution in [1.29, 1.82) is 0 Å². The molecule has 1 aromatic carbocycles. The zero-order valence-corrected chi connectivity index (χ0v) is 10.7. The lowest BCUT2D eigenvalue weighted by molar-refractivity contribution is -0.111. The maximum absolute atomic E-state index is 12.2. The zero-order valence-electron chi connectivity index (χ0n) is 9.88. The molecule has 3 N–H and O–H groups in total. The average Bonchev–Trinajstić information content (AvgIpc) is 2.83. The van der Waals surface area contributed by atoms with Crippen molar-refractivity contribution in [3.8, 4) is 0 Å². The molecule has 18 heavy (non-hydrogen) atoms. The van der Waals surface area contributed by atoms with Crippen molar-refractivity contribution < 1.29 is 4.79 Å². The van der Waals surface area contributed by atoms with Gasteiger partial charge in [0.15, 0.2) is 5.13 Å². The lowest BCUT2D eigenvalue weighted by atomic mass is 10.0. The number of allylic oxidation sites excluding steroid dienone is 1. The van der Waals surface area contributed by atoms with Gasteiger partial charge in [-0.2, -0.15) is 0 Å². The van der Waals surface area contributed by atoms with Crippen molar-refractivity contribution in [2.45, 2.75) is 6.92 Å². The van der Waals surface area contributed by atoms with Crippen molar-refractivity contribution in [3.05, 3.63) is 53.2 Å². The number of thiazole rings is 1. The highest BCUT2D eigenvalue weighted by Gasteiger charge is 2.15. The SMILES string of the molecule is C/C(N)=C(/C(=O)Nc1nccs1)c1ccccc1. The Labute approximate surface area is 109 Å². The first-order valence-electron chi connectivity index (χ1n) is 5.41. The first-order chi connectivity index (χ1) is 8.68. The van der Waals surface area contributed by atoms with E-state index in [0.717, 1.165) is 5.56 Å². The van der Waals surface area contributed by atoms with Crippen LogP contribution < -0.4 is 11.1 Å². The maximum Gasteiger partial charge on any atom is 0.259 e. The van der Waals surface area contributed by atoms with Gasteiger partial charge < -0.3 is 5.73 Å². The number of benzene rings is 1. The topological polar surface area (TPSA) is 68.0 Å². The lowest BCUT2D eigenvalue weighted by Crippen LogP contribution is -2.16. The van der Waals surface area contributed by atoms with Gasteiger partial charge in [0, 0.05) is 17.3 Å². The fraction of sp³-hybridized carbons (Fsp3) is 0.0769. The third-order valence-corrected chi connectivity index (χ3v) is 3.03. The molecule has 1 heterocycles. The van der Waals surface area contributed by atoms with E-state index in [0.29, 0.717) is 16.4 Å². The van der Waals surface area contributed by atoms with Crippen LogP contribution in [0.2, 0.25) is 0 Å². The summed E-state index contributed by atoms with van der Waals surface area (Å²) >= 11 is 1.37. The number of carbonyl (C=O) groups excluding carboxylic acids is 1. The minimum atomic E-state index is -0.240. The molecule has 0 bridgehead atoms. The van der Waals surface area contributed by atoms with E-state index < -0.39 is 0 Å². The predicted octanol–water partition coefficient (Wildman–Crippen LogP) is 2.47. The molecule has 0 saturated heterocycles. The van der Waals surface area contributed by atoms with Gasteiger partial charge in [-0.3, -0.25) is 10.1 Å². The van der Waals surface area contributed by atoms with E-state index >= 15 is 0 Å². The summed E-state index contributed by atoms with van der Waals surface area (Å²) in [5.74, 6) is -0.240. The molecule has 0 aliphatic rings. The van der Waals surface area contributed by atoms with Crippen LogP contribution in [0.15, 0.2) is 47.6 Å². The highest BCUT2D eigenvalue weighted by molar-refractivity contribution is 7.13. The Morgan fingerprint density at radius 3 is 2.61 bits per heavy atom. The summed E-state index contributed by atoms with van der Waals surface area (Å²) in [7, 11) is 0. The van der Waals surface area contributed by atoms with E-state index in [4.69, 9.17) is 5.73 Å². The molecule has 1 aromatic heterocycles. The first kappa shape index (κ1) is 12.3. The number of nitrogens with zero attached hydrogens (tertiary/aromatic N) is 1. The molecule has 0 unspecified atom stereocenters. The van der Waals surface area contributed by atoms with Crippen LogP contribution >= 0.6 is 11.3 Å². The first-order valence-corrected chi connectivity index (χ1v) is 6.29. The fourth-order valence-corrected chi connectivity index (χ4v) is 2.11. The van der Waals surface area contributed by atoms with E-state index in [9.17, 15) is 4.79 Å². The minimum absolute atomic E-state index is 0.240. The van der Waals surface area contributed by atoms with Crippen LogP contribution in [0.3, 0.4) is 0 Å². The van der Waals surface area contributed by atoms with Crippen LogP contribution in [0.25, 0.3) is 5.57 Å². The van der Waals surface area contributed by atoms with Gasteiger partial charge in [0.2, 0.25) is 0 Å². The van der Waals surface area contributed by atoms with E-state index in [-0.39, 0.29) is 5.91 Å². The van der Waals surface area contributed by atoms with Gasteiger partial charge in [-0.1, -0.05) is 30.3 Å². The van der Waals surface area contributed by atoms with Crippen molar-refractivity contribution in [2.75, 3.05) is 5.32 Å². The summed E-state index contributed by atoms with van der Waals surface area (Å²) in [6, 6.07) is 9.34. The summed E-state index contributed by atoms with van der Waals surface area (Å²) in [6.07, 6.45) is 1.64. The Morgan fingerprint density at radius 2 is 2.06 bits per heavy atom. The van der Waals surface area contributed by atoms with Crippen molar-refractivity contribution in [1.82, 2.24) is 4.98 Å². The van der Waals surface area contributed by atoms with E-state index in [2.05, 4.69) is 10.3 Å². The van der Waals surface area contributed by atoms with Gasteiger partial charge in [-0.05, 0) is 12.5 Å². The molecule has 2 rings (SSSR count). The number of hydrogen-bond donors (Lipinski definition) is 2. The predicted molar refractivity (Wildman–Crippen MR) is 74.0 cm³/mol. The number of nitrogens with one attached hydrogen (secondary N) is 1. The Kier molecular flexibility index (Phi) is 3.74. The molecular weight excluding hydrogens is 246 g/mol. The molecule has 0 aliphatic carbocycles. The fourth-order valence-electron chi connectivity index (χ4n) is 1.59. The molecule has 1 amide bonds. The van der Waals surface area contributed by atoms with Gasteiger partial charge in [0.1, 0.15) is 0 Å². The summed E-state index contributed by atoms with van der Waals surface area (Å²) in [5, 5.41) is 5.10. The van der Waals surface area contributed by atoms with Gasteiger partial charge in [-0.15, -0.1) is 11.3 Å². The Bertz CT molecular complexity index is 557. The van der Waals surface area contributed by atoms with E-state index in [1.807, 2.05) is 30.3 Å². The van der Waals surface area contributed by atoms with Crippen LogP contribution in [0.4, 0.5) is 5.13 Å². The molecule has 5 heteroatoms. The number of amides is 1. The molecule has 92 valence electrons. The number of rotatable bonds is 3. The summed E-state index contributed by atoms with van der Waals surface area (Å²) in [6.45, 7) is 1.71. The quantitative estimate of drug-likeness (QED) is 0.832. The Hall–Kier alpha value is -2.14. The highest BCUT2D eigenvalue weighted by Crippen LogP contribution is 2.19. The van der Waals surface area contributed by atoms with Gasteiger partial charge >= 0.3 is 0 Å². The van der Waals surface area contributed by atoms with Gasteiger partial charge in [0.05, 0.1) is 5.57 Å². The van der Waals surface area contributed by atoms with Crippen molar-refractivity contribution in [3.63, 3.8) is 0 Å². The molecule has 0 aliphatic heterocycles. The Morgan fingerprint density at radius 1 is 1.33 bits per heavy atom. The molecule has 4 nitrogen and oxygen atoms in total. The van der Waals surface area contributed by atoms with Crippen molar-refractivity contribution in [2.24, 2.45) is 5.73 Å². The molecule has 0 radical (unpaired) electrons. The second kappa shape index (κ2) is 5.46. The molecule has 0 atom stereocenters. The van der Waals surface area contributed by atoms with Crippen LogP contribution in [-0.2, 0) is 4.79 Å². The summed E-state index contributed by atoms with van der Waals surface area (Å²) < 4.78 is 0. The Balaban J connectivity index is 2.28. The summed E-state index contributed by atoms with van der Waals surface area (Å²) in [5.41, 5.74) is 7.56. The number of aromatic nitrogens is 1. The lowest BCUT2D eigenvalue weighted by Gasteiger charge is -2.09. The number of carbonyl (C=O) groups is 1. The van der Waals surface area contributed by atoms with Gasteiger partial charge in [0.25, 0.3) is 5.91 Å². The number of anilines is 1. The standard InChI is InChI=1S/C13H13N3OS/c1-9(14)11(10-5-3-2-4-6-10)12(17)16-13-15-7-8-18-13/h2-8H,14H2,1H3,(H,15,16,17)/b11-9-. The smallest absolute Gasteiger partial charge is 0.259 e. The molecule has 2 aromatic rings. The average molecular weight is 259 g/mol. The number of hydrogen-bond acceptors (Lipinski definition) is 4. The normalized spacial score (nSPS) is 11.8. The van der Waals surface area contributed by atoms with Crippen molar-refractivity contribution >= 4 is 27.9 Å². The molecule has 0 spiro atoms. The molecular formula is C13H13N3OS. The zero-order chi connectivity index (χ0) is 13.0. The molecule has 0 fully saturated rings. The molecule has 0 saturated carbocycles. The van der Waals surface area contributed by atoms with Crippen LogP contribution in [0.1, 0.15) is 12.5 Å². The van der Waals surface area contributed by atoms with Crippen LogP contribution in [0.5, 0.6) is 0 Å². The number of nitrogens with two attached hydrogens (primary N) is 1. The van der Waals surface area contributed by atoms with E-state index in [1.54, 1.807) is 18.5 Å². The van der Waals surface area contributed by atoms with Gasteiger partial charge in [-0.25, -0.2) is 4.98 Å². The minimum Gasteiger partial charge on any atom is -0.402 e. The van der Waals surface area contributed by atoms with Crippen LogP contribution in [-0.4, -0.2) is 10.9 Å². The largest absolute Gasteiger partial charge is 0.402 e. The second-order valence-corrected chi connectivity index (χ2v) is 4.61. The summed E-state index contributed by atoms with van der Waals surface area (Å²) in [4.78, 5) is 16.2. The highest BCUT2D eigenvalue weighted by atomic mass is 32.1. The third-order valence-electron chi connectivity index (χ3n) is 2.34.